The Hall–Kier alpha value is -0.200. The average Bonchev–Trinajstić information content (AvgIpc) is 1.85. The minimum absolute atomic E-state index is 0.0224. The molecule has 0 radical (unpaired) electrons. The highest BCUT2D eigenvalue weighted by Gasteiger charge is 2.23. The van der Waals surface area contributed by atoms with E-state index < -0.39 is 14.6 Å². The maximum atomic E-state index is 8.88. The fraction of sp³-hybridized carbons (Fsp3) is 0.833. The Bertz CT molecular complexity index is 147. The van der Waals surface area contributed by atoms with Gasteiger partial charge in [-0.05, 0) is 20.8 Å². The first-order valence-electron chi connectivity index (χ1n) is 3.36. The smallest absolute Gasteiger partial charge is 0.254 e. The van der Waals surface area contributed by atoms with E-state index in [0.717, 1.165) is 0 Å². The van der Waals surface area contributed by atoms with Gasteiger partial charge in [-0.3, -0.25) is 0 Å². The van der Waals surface area contributed by atoms with Gasteiger partial charge in [0.25, 0.3) is 8.53 Å². The predicted molar refractivity (Wildman–Crippen MR) is 43.4 cm³/mol. The summed E-state index contributed by atoms with van der Waals surface area (Å²) in [5, 5.41) is 8.50. The molecule has 4 nitrogen and oxygen atoms in total. The summed E-state index contributed by atoms with van der Waals surface area (Å²) < 4.78 is 1.37. The van der Waals surface area contributed by atoms with Crippen LogP contribution in [0.3, 0.4) is 0 Å². The molecule has 64 valence electrons. The molecule has 0 spiro atoms. The molecule has 0 saturated carbocycles. The lowest BCUT2D eigenvalue weighted by atomic mass is 10.3. The average molecular weight is 176 g/mol. The summed E-state index contributed by atoms with van der Waals surface area (Å²) in [6.45, 7) is 5.27. The zero-order valence-electron chi connectivity index (χ0n) is 6.89. The molecule has 0 rings (SSSR count). The molecular weight excluding hydrogens is 163 g/mol. The number of rotatable bonds is 3. The van der Waals surface area contributed by atoms with Crippen molar-refractivity contribution in [3.63, 3.8) is 0 Å². The normalized spacial score (nSPS) is 14.1. The Balaban J connectivity index is 4.24. The third kappa shape index (κ3) is 3.13. The predicted octanol–water partition coefficient (Wildman–Crippen LogP) is 0.820. The Morgan fingerprint density at radius 1 is 1.36 bits per heavy atom. The molecule has 1 atom stereocenters. The lowest BCUT2D eigenvalue weighted by molar-refractivity contribution is 0.278. The van der Waals surface area contributed by atoms with Gasteiger partial charge < -0.3 is 9.79 Å². The van der Waals surface area contributed by atoms with Gasteiger partial charge in [-0.2, -0.15) is 5.26 Å². The van der Waals surface area contributed by atoms with Crippen LogP contribution in [0, 0.1) is 11.3 Å². The van der Waals surface area contributed by atoms with Crippen LogP contribution < -0.4 is 0 Å². The maximum absolute atomic E-state index is 8.88. The van der Waals surface area contributed by atoms with Gasteiger partial charge in [-0.15, -0.1) is 0 Å². The monoisotopic (exact) mass is 176 g/mol. The van der Waals surface area contributed by atoms with Crippen LogP contribution in [0.25, 0.3) is 0 Å². The van der Waals surface area contributed by atoms with Gasteiger partial charge in [0.1, 0.15) is 6.04 Å². The molecule has 0 aromatic rings. The zero-order valence-corrected chi connectivity index (χ0v) is 7.79. The third-order valence-electron chi connectivity index (χ3n) is 1.32. The zero-order chi connectivity index (χ0) is 9.02. The van der Waals surface area contributed by atoms with Crippen molar-refractivity contribution in [2.75, 3.05) is 0 Å². The van der Waals surface area contributed by atoms with Crippen molar-refractivity contribution in [1.29, 1.82) is 5.26 Å². The molecule has 0 heterocycles. The molecule has 5 heteroatoms. The summed E-state index contributed by atoms with van der Waals surface area (Å²) in [6.07, 6.45) is 0. The van der Waals surface area contributed by atoms with Crippen molar-refractivity contribution in [3.05, 3.63) is 0 Å². The molecule has 11 heavy (non-hydrogen) atoms. The highest BCUT2D eigenvalue weighted by atomic mass is 31.2. The number of hydrogen-bond donors (Lipinski definition) is 2. The van der Waals surface area contributed by atoms with Crippen molar-refractivity contribution < 1.29 is 9.79 Å². The van der Waals surface area contributed by atoms with Crippen molar-refractivity contribution in [1.82, 2.24) is 4.67 Å². The Labute approximate surface area is 68.0 Å². The van der Waals surface area contributed by atoms with Gasteiger partial charge in [-0.1, -0.05) is 0 Å². The van der Waals surface area contributed by atoms with Gasteiger partial charge in [0.05, 0.1) is 6.07 Å². The van der Waals surface area contributed by atoms with Crippen LogP contribution in [0.5, 0.6) is 0 Å². The van der Waals surface area contributed by atoms with E-state index in [0.29, 0.717) is 0 Å². The number of nitriles is 1. The molecular formula is C6H13N2O2P. The van der Waals surface area contributed by atoms with Crippen molar-refractivity contribution in [2.24, 2.45) is 0 Å². The summed E-state index contributed by atoms with van der Waals surface area (Å²) in [5.41, 5.74) is 0. The van der Waals surface area contributed by atoms with Crippen LogP contribution in [0.4, 0.5) is 0 Å². The third-order valence-corrected chi connectivity index (χ3v) is 2.54. The van der Waals surface area contributed by atoms with Crippen molar-refractivity contribution in [2.45, 2.75) is 32.9 Å². The molecule has 0 aromatic carbocycles. The minimum Gasteiger partial charge on any atom is -0.338 e. The van der Waals surface area contributed by atoms with Crippen molar-refractivity contribution in [3.8, 4) is 6.07 Å². The van der Waals surface area contributed by atoms with E-state index in [4.69, 9.17) is 15.0 Å². The number of hydrogen-bond acceptors (Lipinski definition) is 4. The molecule has 1 unspecified atom stereocenters. The van der Waals surface area contributed by atoms with Gasteiger partial charge in [0, 0.05) is 6.04 Å². The lowest BCUT2D eigenvalue weighted by Gasteiger charge is -2.28. The van der Waals surface area contributed by atoms with Crippen LogP contribution in [0.1, 0.15) is 20.8 Å². The molecule has 0 bridgehead atoms. The first-order valence-corrected chi connectivity index (χ1v) is 4.56. The fourth-order valence-electron chi connectivity index (χ4n) is 0.868. The molecule has 0 aliphatic rings. The fourth-order valence-corrected chi connectivity index (χ4v) is 1.64. The number of nitrogens with zero attached hydrogens (tertiary/aromatic N) is 2. The Morgan fingerprint density at radius 3 is 1.91 bits per heavy atom. The molecule has 0 aliphatic heterocycles. The summed E-state index contributed by atoms with van der Waals surface area (Å²) in [4.78, 5) is 17.8. The highest BCUT2D eigenvalue weighted by molar-refractivity contribution is 7.42. The van der Waals surface area contributed by atoms with E-state index in [1.54, 1.807) is 6.92 Å². The SMILES string of the molecule is CC(C)N(C(C)C#N)P(O)O. The molecule has 0 aromatic heterocycles. The van der Waals surface area contributed by atoms with E-state index in [1.807, 2.05) is 19.9 Å². The highest BCUT2D eigenvalue weighted by Crippen LogP contribution is 2.34. The molecule has 0 amide bonds. The van der Waals surface area contributed by atoms with Gasteiger partial charge in [-0.25, -0.2) is 4.67 Å². The van der Waals surface area contributed by atoms with E-state index in [-0.39, 0.29) is 6.04 Å². The van der Waals surface area contributed by atoms with E-state index in [2.05, 4.69) is 0 Å². The van der Waals surface area contributed by atoms with Crippen LogP contribution in [0.2, 0.25) is 0 Å². The second-order valence-corrected chi connectivity index (χ2v) is 3.55. The molecule has 0 aliphatic carbocycles. The van der Waals surface area contributed by atoms with E-state index in [1.165, 1.54) is 4.67 Å². The summed E-state index contributed by atoms with van der Waals surface area (Å²) in [5.74, 6) is 0. The molecule has 0 saturated heterocycles. The second-order valence-electron chi connectivity index (χ2n) is 2.55. The van der Waals surface area contributed by atoms with E-state index in [9.17, 15) is 0 Å². The van der Waals surface area contributed by atoms with Gasteiger partial charge in [0.15, 0.2) is 0 Å². The maximum Gasteiger partial charge on any atom is 0.254 e. The minimum atomic E-state index is -2.14. The molecule has 2 N–H and O–H groups in total. The van der Waals surface area contributed by atoms with Crippen LogP contribution in [0.15, 0.2) is 0 Å². The Morgan fingerprint density at radius 2 is 1.82 bits per heavy atom. The topological polar surface area (TPSA) is 67.5 Å². The summed E-state index contributed by atoms with van der Waals surface area (Å²) in [6, 6.07) is 1.48. The van der Waals surface area contributed by atoms with Gasteiger partial charge >= 0.3 is 0 Å². The summed E-state index contributed by atoms with van der Waals surface area (Å²) >= 11 is 0. The largest absolute Gasteiger partial charge is 0.338 e. The lowest BCUT2D eigenvalue weighted by Crippen LogP contribution is -2.33. The van der Waals surface area contributed by atoms with Gasteiger partial charge in [0.2, 0.25) is 0 Å². The van der Waals surface area contributed by atoms with E-state index >= 15 is 0 Å². The molecule has 0 fully saturated rings. The standard InChI is InChI=1S/C6H13N2O2P/c1-5(2)8(11(9)10)6(3)4-7/h5-6,9-10H,1-3H3. The Kier molecular flexibility index (Phi) is 4.55. The summed E-state index contributed by atoms with van der Waals surface area (Å²) in [7, 11) is -2.14. The quantitative estimate of drug-likeness (QED) is 0.624. The van der Waals surface area contributed by atoms with Crippen molar-refractivity contribution >= 4 is 8.53 Å². The van der Waals surface area contributed by atoms with Crippen LogP contribution in [-0.4, -0.2) is 26.5 Å². The van der Waals surface area contributed by atoms with Crippen LogP contribution >= 0.6 is 8.53 Å². The second kappa shape index (κ2) is 4.63. The first-order chi connectivity index (χ1) is 5.00. The first kappa shape index (κ1) is 10.8. The van der Waals surface area contributed by atoms with Crippen LogP contribution in [-0.2, 0) is 0 Å².